The van der Waals surface area contributed by atoms with Crippen molar-refractivity contribution in [3.8, 4) is 5.69 Å². The summed E-state index contributed by atoms with van der Waals surface area (Å²) in [5, 5.41) is 4.03. The molecule has 0 aliphatic heterocycles. The minimum Gasteiger partial charge on any atom is -0.284 e. The summed E-state index contributed by atoms with van der Waals surface area (Å²) in [5.41, 5.74) is 1.11. The van der Waals surface area contributed by atoms with Crippen LogP contribution in [0.15, 0.2) is 41.5 Å². The Hall–Kier alpha value is -2.94. The van der Waals surface area contributed by atoms with Crippen molar-refractivity contribution < 1.29 is 13.2 Å². The Morgan fingerprint density at radius 2 is 1.96 bits per heavy atom. The minimum absolute atomic E-state index is 0.107. The first-order chi connectivity index (χ1) is 12.3. The Bertz CT molecular complexity index is 1230. The summed E-state index contributed by atoms with van der Waals surface area (Å²) >= 11 is 6.10. The number of benzene rings is 1. The third-order valence-corrected chi connectivity index (χ3v) is 4.33. The van der Waals surface area contributed by atoms with Gasteiger partial charge in [0.25, 0.3) is 17.2 Å². The van der Waals surface area contributed by atoms with Crippen molar-refractivity contribution in [2.24, 2.45) is 0 Å². The van der Waals surface area contributed by atoms with E-state index in [1.54, 1.807) is 18.2 Å². The fourth-order valence-corrected chi connectivity index (χ4v) is 2.75. The summed E-state index contributed by atoms with van der Waals surface area (Å²) in [7, 11) is 0. The standard InChI is InChI=1S/C16H9ClF3N5O/c1-8-2-3-9(6-11(8)17)24-5-4-12-10(13(24)26)7-21-15-22-14(16(18,19)20)23-25(12)15/h2-7H,1H3. The highest BCUT2D eigenvalue weighted by atomic mass is 35.5. The van der Waals surface area contributed by atoms with Crippen molar-refractivity contribution in [3.63, 3.8) is 0 Å². The maximum absolute atomic E-state index is 12.8. The normalized spacial score (nSPS) is 12.2. The van der Waals surface area contributed by atoms with Crippen LogP contribution in [0.5, 0.6) is 0 Å². The average molecular weight is 380 g/mol. The van der Waals surface area contributed by atoms with E-state index < -0.39 is 17.6 Å². The highest BCUT2D eigenvalue weighted by Gasteiger charge is 2.36. The van der Waals surface area contributed by atoms with Crippen molar-refractivity contribution in [1.82, 2.24) is 24.1 Å². The van der Waals surface area contributed by atoms with E-state index in [0.29, 0.717) is 10.7 Å². The zero-order chi connectivity index (χ0) is 18.6. The summed E-state index contributed by atoms with van der Waals surface area (Å²) < 4.78 is 40.7. The predicted molar refractivity (Wildman–Crippen MR) is 88.6 cm³/mol. The molecule has 0 saturated heterocycles. The summed E-state index contributed by atoms with van der Waals surface area (Å²) in [5.74, 6) is -1.55. The molecule has 0 spiro atoms. The van der Waals surface area contributed by atoms with Crippen molar-refractivity contribution in [3.05, 3.63) is 63.4 Å². The third-order valence-electron chi connectivity index (χ3n) is 3.92. The average Bonchev–Trinajstić information content (AvgIpc) is 3.03. The number of aryl methyl sites for hydroxylation is 1. The molecule has 0 atom stereocenters. The van der Waals surface area contributed by atoms with E-state index in [0.717, 1.165) is 10.1 Å². The molecule has 4 rings (SSSR count). The van der Waals surface area contributed by atoms with Gasteiger partial charge >= 0.3 is 6.18 Å². The summed E-state index contributed by atoms with van der Waals surface area (Å²) in [6, 6.07) is 6.60. The second-order valence-electron chi connectivity index (χ2n) is 5.63. The van der Waals surface area contributed by atoms with Crippen molar-refractivity contribution in [2.45, 2.75) is 13.1 Å². The number of nitrogens with zero attached hydrogens (tertiary/aromatic N) is 5. The van der Waals surface area contributed by atoms with Crippen molar-refractivity contribution >= 4 is 28.3 Å². The Morgan fingerprint density at radius 3 is 2.65 bits per heavy atom. The van der Waals surface area contributed by atoms with E-state index in [2.05, 4.69) is 15.1 Å². The minimum atomic E-state index is -4.70. The van der Waals surface area contributed by atoms with Gasteiger partial charge in [0, 0.05) is 17.4 Å². The highest BCUT2D eigenvalue weighted by molar-refractivity contribution is 6.31. The molecule has 4 aromatic rings. The predicted octanol–water partition coefficient (Wildman–Crippen LogP) is 3.41. The molecule has 3 heterocycles. The first-order valence-corrected chi connectivity index (χ1v) is 7.74. The first-order valence-electron chi connectivity index (χ1n) is 7.36. The number of hydrogen-bond acceptors (Lipinski definition) is 4. The Kier molecular flexibility index (Phi) is 3.52. The number of rotatable bonds is 1. The highest BCUT2D eigenvalue weighted by Crippen LogP contribution is 2.27. The lowest BCUT2D eigenvalue weighted by molar-refractivity contribution is -0.144. The van der Waals surface area contributed by atoms with Gasteiger partial charge in [0.05, 0.1) is 16.6 Å². The Morgan fingerprint density at radius 1 is 1.19 bits per heavy atom. The fraction of sp³-hybridized carbons (Fsp3) is 0.125. The number of hydrogen-bond donors (Lipinski definition) is 0. The third kappa shape index (κ3) is 2.51. The van der Waals surface area contributed by atoms with Gasteiger partial charge in [-0.3, -0.25) is 9.36 Å². The topological polar surface area (TPSA) is 65.1 Å². The molecule has 0 radical (unpaired) electrons. The van der Waals surface area contributed by atoms with E-state index in [4.69, 9.17) is 11.6 Å². The van der Waals surface area contributed by atoms with Crippen molar-refractivity contribution in [1.29, 1.82) is 0 Å². The molecule has 132 valence electrons. The van der Waals surface area contributed by atoms with E-state index in [1.807, 2.05) is 6.92 Å². The molecular weight excluding hydrogens is 371 g/mol. The molecule has 0 bridgehead atoms. The van der Waals surface area contributed by atoms with Gasteiger partial charge in [-0.1, -0.05) is 17.7 Å². The maximum atomic E-state index is 12.8. The number of alkyl halides is 3. The van der Waals surface area contributed by atoms with Crippen LogP contribution < -0.4 is 5.56 Å². The van der Waals surface area contributed by atoms with E-state index in [-0.39, 0.29) is 16.7 Å². The van der Waals surface area contributed by atoms with Crippen LogP contribution in [-0.4, -0.2) is 24.1 Å². The van der Waals surface area contributed by atoms with Gasteiger partial charge in [-0.15, -0.1) is 5.10 Å². The monoisotopic (exact) mass is 379 g/mol. The van der Waals surface area contributed by atoms with Gasteiger partial charge in [-0.25, -0.2) is 4.98 Å². The van der Waals surface area contributed by atoms with Crippen LogP contribution in [0.25, 0.3) is 22.4 Å². The van der Waals surface area contributed by atoms with Gasteiger partial charge in [-0.05, 0) is 30.7 Å². The molecule has 0 N–H and O–H groups in total. The molecule has 6 nitrogen and oxygen atoms in total. The van der Waals surface area contributed by atoms with Crippen molar-refractivity contribution in [2.75, 3.05) is 0 Å². The lowest BCUT2D eigenvalue weighted by atomic mass is 10.2. The lowest BCUT2D eigenvalue weighted by Gasteiger charge is -2.09. The van der Waals surface area contributed by atoms with Crippen LogP contribution in [-0.2, 0) is 6.18 Å². The van der Waals surface area contributed by atoms with Gasteiger partial charge in [-0.2, -0.15) is 22.7 Å². The van der Waals surface area contributed by atoms with Gasteiger partial charge < -0.3 is 0 Å². The molecule has 3 aromatic heterocycles. The zero-order valence-electron chi connectivity index (χ0n) is 13.1. The summed E-state index contributed by atoms with van der Waals surface area (Å²) in [6.07, 6.45) is -2.07. The second-order valence-corrected chi connectivity index (χ2v) is 6.03. The molecule has 0 aliphatic rings. The molecule has 0 saturated carbocycles. The summed E-state index contributed by atoms with van der Waals surface area (Å²) in [6.45, 7) is 1.83. The van der Waals surface area contributed by atoms with Gasteiger partial charge in [0.2, 0.25) is 0 Å². The lowest BCUT2D eigenvalue weighted by Crippen LogP contribution is -2.19. The largest absolute Gasteiger partial charge is 0.453 e. The Labute approximate surface area is 148 Å². The van der Waals surface area contributed by atoms with Gasteiger partial charge in [0.15, 0.2) is 0 Å². The SMILES string of the molecule is Cc1ccc(-n2ccc3c(cnc4nc(C(F)(F)F)nn43)c2=O)cc1Cl. The van der Waals surface area contributed by atoms with Crippen LogP contribution >= 0.6 is 11.6 Å². The zero-order valence-corrected chi connectivity index (χ0v) is 13.9. The molecule has 0 unspecified atom stereocenters. The maximum Gasteiger partial charge on any atom is 0.453 e. The van der Waals surface area contributed by atoms with Crippen LogP contribution in [0.1, 0.15) is 11.4 Å². The van der Waals surface area contributed by atoms with Gasteiger partial charge in [0.1, 0.15) is 0 Å². The van der Waals surface area contributed by atoms with Crippen LogP contribution in [0, 0.1) is 6.92 Å². The Balaban J connectivity index is 1.97. The molecule has 0 amide bonds. The summed E-state index contributed by atoms with van der Waals surface area (Å²) in [4.78, 5) is 19.9. The molecule has 26 heavy (non-hydrogen) atoms. The number of fused-ring (bicyclic) bond motifs is 3. The second kappa shape index (κ2) is 5.53. The smallest absolute Gasteiger partial charge is 0.284 e. The molecular formula is C16H9ClF3N5O. The van der Waals surface area contributed by atoms with E-state index >= 15 is 0 Å². The molecule has 0 aliphatic carbocycles. The molecule has 0 fully saturated rings. The number of aromatic nitrogens is 5. The van der Waals surface area contributed by atoms with Crippen LogP contribution in [0.3, 0.4) is 0 Å². The number of halogens is 4. The van der Waals surface area contributed by atoms with E-state index in [1.165, 1.54) is 23.0 Å². The number of pyridine rings is 1. The van der Waals surface area contributed by atoms with Crippen LogP contribution in [0.4, 0.5) is 13.2 Å². The quantitative estimate of drug-likeness (QED) is 0.508. The first kappa shape index (κ1) is 16.5. The van der Waals surface area contributed by atoms with E-state index in [9.17, 15) is 18.0 Å². The molecule has 10 heteroatoms. The molecule has 1 aromatic carbocycles. The van der Waals surface area contributed by atoms with Crippen LogP contribution in [0.2, 0.25) is 5.02 Å². The fourth-order valence-electron chi connectivity index (χ4n) is 2.57.